The van der Waals surface area contributed by atoms with Gasteiger partial charge in [-0.05, 0) is 13.0 Å². The third kappa shape index (κ3) is 11.9. The molecule has 0 aromatic rings. The Kier molecular flexibility index (Phi) is 11.7. The first-order valence-corrected chi connectivity index (χ1v) is 2.27. The van der Waals surface area contributed by atoms with Crippen LogP contribution in [0.5, 0.6) is 0 Å². The molecular weight excluding hydrogens is 143 g/mol. The van der Waals surface area contributed by atoms with Gasteiger partial charge in [0.1, 0.15) is 0 Å². The third-order valence-electron chi connectivity index (χ3n) is 0.536. The fourth-order valence-electron chi connectivity index (χ4n) is 0.245. The molecule has 44 valence electrons. The predicted molar refractivity (Wildman–Crippen MR) is 29.0 cm³/mol. The molecule has 0 radical (unpaired) electrons. The topological polar surface area (TPSA) is 40.1 Å². The summed E-state index contributed by atoms with van der Waals surface area (Å²) >= 11 is 0. The Morgan fingerprint density at radius 1 is 1.44 bits per heavy atom. The fourth-order valence-corrected chi connectivity index (χ4v) is 0.245. The molecule has 0 aliphatic carbocycles. The van der Waals surface area contributed by atoms with Crippen molar-refractivity contribution in [2.75, 3.05) is 0 Å². The normalized spacial score (nSPS) is 9.89. The van der Waals surface area contributed by atoms with Gasteiger partial charge >= 0.3 is 51.4 Å². The summed E-state index contributed by atoms with van der Waals surface area (Å²) < 4.78 is 0. The van der Waals surface area contributed by atoms with E-state index in [1.165, 1.54) is 6.08 Å². The van der Waals surface area contributed by atoms with E-state index in [1.54, 1.807) is 19.1 Å². The molecule has 0 aromatic heterocycles. The summed E-state index contributed by atoms with van der Waals surface area (Å²) in [7, 11) is 0. The molecule has 0 aromatic carbocycles. The Bertz CT molecular complexity index is 127. The molecule has 0 atom stereocenters. The number of aliphatic carboxylic acids is 1. The maximum Gasteiger partial charge on any atom is 1.00 e. The zero-order chi connectivity index (χ0) is 6.41. The molecule has 0 amide bonds. The number of carbonyl (C=O) groups is 1. The zero-order valence-corrected chi connectivity index (χ0v) is 8.75. The van der Waals surface area contributed by atoms with E-state index in [0.717, 1.165) is 6.08 Å². The van der Waals surface area contributed by atoms with Gasteiger partial charge in [0.15, 0.2) is 0 Å². The van der Waals surface area contributed by atoms with E-state index in [1.807, 2.05) is 0 Å². The SMILES string of the molecule is C/C=C\C=C/C(=O)[O-].[K+]. The van der Waals surface area contributed by atoms with E-state index >= 15 is 0 Å². The Morgan fingerprint density at radius 3 is 2.33 bits per heavy atom. The van der Waals surface area contributed by atoms with Crippen LogP contribution >= 0.6 is 0 Å². The molecule has 0 aliphatic heterocycles. The summed E-state index contributed by atoms with van der Waals surface area (Å²) in [5.41, 5.74) is 0. The summed E-state index contributed by atoms with van der Waals surface area (Å²) in [4.78, 5) is 9.64. The van der Waals surface area contributed by atoms with Gasteiger partial charge in [0.25, 0.3) is 0 Å². The number of rotatable bonds is 2. The third-order valence-corrected chi connectivity index (χ3v) is 0.536. The van der Waals surface area contributed by atoms with Crippen LogP contribution in [0.2, 0.25) is 0 Å². The standard InChI is InChI=1S/C6H8O2.K/c1-2-3-4-5-6(7)8;/h2-5H,1H3,(H,7,8);/q;+1/p-1/b3-2-,5-4-;. The molecule has 9 heavy (non-hydrogen) atoms. The molecule has 0 rings (SSSR count). The van der Waals surface area contributed by atoms with Crippen LogP contribution < -0.4 is 56.5 Å². The van der Waals surface area contributed by atoms with Gasteiger partial charge in [-0.1, -0.05) is 18.2 Å². The van der Waals surface area contributed by atoms with Gasteiger partial charge in [-0.3, -0.25) is 0 Å². The zero-order valence-electron chi connectivity index (χ0n) is 5.63. The van der Waals surface area contributed by atoms with Crippen LogP contribution in [0.1, 0.15) is 6.92 Å². The Morgan fingerprint density at radius 2 is 2.00 bits per heavy atom. The molecule has 0 N–H and O–H groups in total. The van der Waals surface area contributed by atoms with Crippen LogP contribution in [0.3, 0.4) is 0 Å². The van der Waals surface area contributed by atoms with Gasteiger partial charge < -0.3 is 9.90 Å². The summed E-state index contributed by atoms with van der Waals surface area (Å²) in [6, 6.07) is 0. The van der Waals surface area contributed by atoms with E-state index in [0.29, 0.717) is 0 Å². The van der Waals surface area contributed by atoms with Gasteiger partial charge in [-0.2, -0.15) is 0 Å². The maximum atomic E-state index is 9.64. The van der Waals surface area contributed by atoms with E-state index in [9.17, 15) is 9.90 Å². The monoisotopic (exact) mass is 150 g/mol. The molecule has 0 fully saturated rings. The van der Waals surface area contributed by atoms with Crippen molar-refractivity contribution >= 4 is 5.97 Å². The van der Waals surface area contributed by atoms with E-state index < -0.39 is 5.97 Å². The van der Waals surface area contributed by atoms with Crippen LogP contribution in [0.4, 0.5) is 0 Å². The van der Waals surface area contributed by atoms with Crippen LogP contribution in [0, 0.1) is 0 Å². The minimum Gasteiger partial charge on any atom is -0.545 e. The van der Waals surface area contributed by atoms with Crippen molar-refractivity contribution in [2.24, 2.45) is 0 Å². The van der Waals surface area contributed by atoms with Crippen molar-refractivity contribution in [1.29, 1.82) is 0 Å². The van der Waals surface area contributed by atoms with Crippen LogP contribution in [0.25, 0.3) is 0 Å². The first kappa shape index (κ1) is 12.3. The molecule has 0 aliphatic rings. The van der Waals surface area contributed by atoms with Crippen molar-refractivity contribution in [3.63, 3.8) is 0 Å². The second-order valence-electron chi connectivity index (χ2n) is 1.20. The smallest absolute Gasteiger partial charge is 0.545 e. The molecule has 0 spiro atoms. The van der Waals surface area contributed by atoms with Crippen molar-refractivity contribution < 1.29 is 61.3 Å². The average molecular weight is 150 g/mol. The molecule has 3 heteroatoms. The number of carboxylic acid groups (broad SMARTS) is 1. The molecule has 0 heterocycles. The number of hydrogen-bond acceptors (Lipinski definition) is 2. The summed E-state index contributed by atoms with van der Waals surface area (Å²) in [5.74, 6) is -1.16. The van der Waals surface area contributed by atoms with Gasteiger partial charge in [-0.25, -0.2) is 0 Å². The summed E-state index contributed by atoms with van der Waals surface area (Å²) in [5, 5.41) is 9.64. The van der Waals surface area contributed by atoms with Crippen LogP contribution in [0.15, 0.2) is 24.3 Å². The molecule has 0 saturated heterocycles. The second kappa shape index (κ2) is 8.59. The Balaban J connectivity index is 0. The summed E-state index contributed by atoms with van der Waals surface area (Å²) in [6.45, 7) is 1.81. The van der Waals surface area contributed by atoms with Gasteiger partial charge in [0.05, 0.1) is 5.97 Å². The van der Waals surface area contributed by atoms with Crippen molar-refractivity contribution in [1.82, 2.24) is 0 Å². The number of carboxylic acids is 1. The maximum absolute atomic E-state index is 9.64. The number of carbonyl (C=O) groups excluding carboxylic acids is 1. The quantitative estimate of drug-likeness (QED) is 0.237. The first-order valence-electron chi connectivity index (χ1n) is 2.27. The molecule has 0 unspecified atom stereocenters. The van der Waals surface area contributed by atoms with Crippen LogP contribution in [-0.4, -0.2) is 5.97 Å². The Hall–Kier alpha value is 0.586. The van der Waals surface area contributed by atoms with Crippen LogP contribution in [-0.2, 0) is 4.79 Å². The van der Waals surface area contributed by atoms with Gasteiger partial charge in [0.2, 0.25) is 0 Å². The van der Waals surface area contributed by atoms with Gasteiger partial charge in [-0.15, -0.1) is 0 Å². The van der Waals surface area contributed by atoms with Gasteiger partial charge in [0, 0.05) is 0 Å². The molecular formula is C6H7KO2. The Labute approximate surface area is 97.1 Å². The van der Waals surface area contributed by atoms with E-state index in [4.69, 9.17) is 0 Å². The largest absolute Gasteiger partial charge is 1.00 e. The molecule has 0 saturated carbocycles. The van der Waals surface area contributed by atoms with E-state index in [-0.39, 0.29) is 51.4 Å². The fraction of sp³-hybridized carbons (Fsp3) is 0.167. The molecule has 0 bridgehead atoms. The predicted octanol–water partition coefficient (Wildman–Crippen LogP) is -3.13. The van der Waals surface area contributed by atoms with Crippen molar-refractivity contribution in [3.05, 3.63) is 24.3 Å². The number of hydrogen-bond donors (Lipinski definition) is 0. The van der Waals surface area contributed by atoms with Crippen molar-refractivity contribution in [3.8, 4) is 0 Å². The minimum absolute atomic E-state index is 0. The minimum atomic E-state index is -1.16. The first-order chi connectivity index (χ1) is 3.77. The van der Waals surface area contributed by atoms with E-state index in [2.05, 4.69) is 0 Å². The number of allylic oxidation sites excluding steroid dienone is 3. The second-order valence-corrected chi connectivity index (χ2v) is 1.20. The van der Waals surface area contributed by atoms with Crippen molar-refractivity contribution in [2.45, 2.75) is 6.92 Å². The average Bonchev–Trinajstić information content (AvgIpc) is 1.66. The molecule has 2 nitrogen and oxygen atoms in total. The summed E-state index contributed by atoms with van der Waals surface area (Å²) in [6.07, 6.45) is 5.74.